The van der Waals surface area contributed by atoms with Crippen LogP contribution in [0, 0.1) is 16.5 Å². The molecule has 0 unspecified atom stereocenters. The van der Waals surface area contributed by atoms with Crippen LogP contribution in [0.25, 0.3) is 11.0 Å². The number of aromatic amines is 1. The van der Waals surface area contributed by atoms with E-state index in [-0.39, 0.29) is 5.02 Å². The van der Waals surface area contributed by atoms with Gasteiger partial charge in [0.05, 0.1) is 16.1 Å². The summed E-state index contributed by atoms with van der Waals surface area (Å²) in [6, 6.07) is 3.06. The minimum Gasteiger partial charge on any atom is -0.331 e. The maximum atomic E-state index is 13.5. The number of fused-ring (bicyclic) bond motifs is 1. The highest BCUT2D eigenvalue weighted by atomic mass is 35.5. The molecule has 2 aromatic rings. The Labute approximate surface area is 108 Å². The van der Waals surface area contributed by atoms with E-state index in [1.165, 1.54) is 25.3 Å². The molecule has 1 aliphatic carbocycles. The van der Waals surface area contributed by atoms with E-state index in [0.29, 0.717) is 10.7 Å². The molecule has 0 aliphatic heterocycles. The third-order valence-electron chi connectivity index (χ3n) is 3.48. The average Bonchev–Trinajstić information content (AvgIpc) is 2.49. The molecule has 0 atom stereocenters. The van der Waals surface area contributed by atoms with Gasteiger partial charge < -0.3 is 9.55 Å². The van der Waals surface area contributed by atoms with Crippen LogP contribution in [0.15, 0.2) is 12.1 Å². The lowest BCUT2D eigenvalue weighted by atomic mass is 9.85. The molecule has 0 spiro atoms. The second kappa shape index (κ2) is 4.10. The van der Waals surface area contributed by atoms with Gasteiger partial charge in [-0.25, -0.2) is 4.39 Å². The first kappa shape index (κ1) is 11.2. The van der Waals surface area contributed by atoms with E-state index >= 15 is 0 Å². The molecule has 3 rings (SSSR count). The Morgan fingerprint density at radius 2 is 2.24 bits per heavy atom. The smallest absolute Gasteiger partial charge is 0.178 e. The molecule has 1 aromatic carbocycles. The minimum absolute atomic E-state index is 0.129. The van der Waals surface area contributed by atoms with Gasteiger partial charge in [0, 0.05) is 12.6 Å². The number of rotatable bonds is 2. The van der Waals surface area contributed by atoms with Gasteiger partial charge in [-0.3, -0.25) is 0 Å². The summed E-state index contributed by atoms with van der Waals surface area (Å²) in [6.07, 6.45) is 3.77. The number of hydrogen-bond donors (Lipinski definition) is 1. The monoisotopic (exact) mass is 270 g/mol. The van der Waals surface area contributed by atoms with Gasteiger partial charge in [0.2, 0.25) is 0 Å². The van der Waals surface area contributed by atoms with E-state index in [1.54, 1.807) is 6.07 Å². The third kappa shape index (κ3) is 1.89. The van der Waals surface area contributed by atoms with Crippen molar-refractivity contribution >= 4 is 34.9 Å². The fraction of sp³-hybridized carbons (Fsp3) is 0.417. The quantitative estimate of drug-likeness (QED) is 0.808. The maximum absolute atomic E-state index is 13.5. The molecule has 1 heterocycles. The molecular weight excluding hydrogens is 259 g/mol. The standard InChI is InChI=1S/C12H12ClFN2S/c13-8-4-10-11(5-9(8)14)16(12(17)15-10)6-7-2-1-3-7/h4-5,7H,1-3,6H2,(H,15,17). The molecule has 17 heavy (non-hydrogen) atoms. The van der Waals surface area contributed by atoms with E-state index in [4.69, 9.17) is 23.8 Å². The molecule has 90 valence electrons. The summed E-state index contributed by atoms with van der Waals surface area (Å²) < 4.78 is 16.1. The molecule has 0 amide bonds. The lowest BCUT2D eigenvalue weighted by Gasteiger charge is -2.25. The zero-order valence-electron chi connectivity index (χ0n) is 9.17. The highest BCUT2D eigenvalue weighted by molar-refractivity contribution is 7.71. The molecule has 1 aliphatic rings. The highest BCUT2D eigenvalue weighted by Gasteiger charge is 2.19. The Bertz CT molecular complexity index is 627. The Morgan fingerprint density at radius 3 is 2.88 bits per heavy atom. The zero-order valence-corrected chi connectivity index (χ0v) is 10.7. The largest absolute Gasteiger partial charge is 0.331 e. The summed E-state index contributed by atoms with van der Waals surface area (Å²) in [5, 5.41) is 0.129. The summed E-state index contributed by atoms with van der Waals surface area (Å²) in [4.78, 5) is 3.08. The number of benzene rings is 1. The van der Waals surface area contributed by atoms with Crippen molar-refractivity contribution in [3.63, 3.8) is 0 Å². The predicted octanol–water partition coefficient (Wildman–Crippen LogP) is 4.29. The fourth-order valence-electron chi connectivity index (χ4n) is 2.27. The topological polar surface area (TPSA) is 20.7 Å². The lowest BCUT2D eigenvalue weighted by molar-refractivity contribution is 0.278. The third-order valence-corrected chi connectivity index (χ3v) is 4.09. The molecule has 0 bridgehead atoms. The van der Waals surface area contributed by atoms with Crippen LogP contribution in [0.3, 0.4) is 0 Å². The van der Waals surface area contributed by atoms with Crippen molar-refractivity contribution in [2.24, 2.45) is 5.92 Å². The Kier molecular flexibility index (Phi) is 2.71. The Balaban J connectivity index is 2.12. The second-order valence-electron chi connectivity index (χ2n) is 4.62. The van der Waals surface area contributed by atoms with Crippen LogP contribution in [0.5, 0.6) is 0 Å². The molecule has 5 heteroatoms. The van der Waals surface area contributed by atoms with Crippen LogP contribution in [-0.2, 0) is 6.54 Å². The van der Waals surface area contributed by atoms with Gasteiger partial charge >= 0.3 is 0 Å². The maximum Gasteiger partial charge on any atom is 0.178 e. The Hall–Kier alpha value is -0.870. The van der Waals surface area contributed by atoms with Crippen LogP contribution in [-0.4, -0.2) is 9.55 Å². The molecule has 1 N–H and O–H groups in total. The zero-order chi connectivity index (χ0) is 12.0. The molecule has 1 aromatic heterocycles. The van der Waals surface area contributed by atoms with Crippen LogP contribution in [0.1, 0.15) is 19.3 Å². The van der Waals surface area contributed by atoms with E-state index in [0.717, 1.165) is 17.6 Å². The van der Waals surface area contributed by atoms with E-state index in [9.17, 15) is 4.39 Å². The fourth-order valence-corrected chi connectivity index (χ4v) is 2.71. The molecule has 1 fully saturated rings. The van der Waals surface area contributed by atoms with Crippen LogP contribution < -0.4 is 0 Å². The molecule has 0 saturated heterocycles. The van der Waals surface area contributed by atoms with Crippen molar-refractivity contribution < 1.29 is 4.39 Å². The van der Waals surface area contributed by atoms with Gasteiger partial charge in [-0.05, 0) is 37.0 Å². The van der Waals surface area contributed by atoms with Gasteiger partial charge in [0.15, 0.2) is 4.77 Å². The van der Waals surface area contributed by atoms with Crippen LogP contribution in [0.2, 0.25) is 5.02 Å². The molecule has 0 radical (unpaired) electrons. The van der Waals surface area contributed by atoms with Crippen molar-refractivity contribution in [1.29, 1.82) is 0 Å². The highest BCUT2D eigenvalue weighted by Crippen LogP contribution is 2.30. The van der Waals surface area contributed by atoms with Crippen molar-refractivity contribution in [3.8, 4) is 0 Å². The number of halogens is 2. The number of hydrogen-bond acceptors (Lipinski definition) is 1. The van der Waals surface area contributed by atoms with Gasteiger partial charge in [-0.2, -0.15) is 0 Å². The van der Waals surface area contributed by atoms with E-state index < -0.39 is 5.82 Å². The predicted molar refractivity (Wildman–Crippen MR) is 69.4 cm³/mol. The first-order chi connectivity index (χ1) is 8.15. The molecule has 1 saturated carbocycles. The van der Waals surface area contributed by atoms with Gasteiger partial charge in [-0.15, -0.1) is 0 Å². The number of nitrogens with one attached hydrogen (secondary N) is 1. The summed E-state index contributed by atoms with van der Waals surface area (Å²) >= 11 is 11.0. The first-order valence-corrected chi connectivity index (χ1v) is 6.51. The lowest BCUT2D eigenvalue weighted by Crippen LogP contribution is -2.18. The van der Waals surface area contributed by atoms with Gasteiger partial charge in [0.25, 0.3) is 0 Å². The number of H-pyrrole nitrogens is 1. The SMILES string of the molecule is Fc1cc2c(cc1Cl)[nH]c(=S)n2CC1CCC1. The summed E-state index contributed by atoms with van der Waals surface area (Å²) in [5.74, 6) is 0.287. The van der Waals surface area contributed by atoms with Crippen molar-refractivity contribution in [2.75, 3.05) is 0 Å². The van der Waals surface area contributed by atoms with E-state index in [2.05, 4.69) is 4.98 Å². The second-order valence-corrected chi connectivity index (χ2v) is 5.42. The van der Waals surface area contributed by atoms with Crippen LogP contribution in [0.4, 0.5) is 4.39 Å². The molecular formula is C12H12ClFN2S. The van der Waals surface area contributed by atoms with E-state index in [1.807, 2.05) is 4.57 Å². The van der Waals surface area contributed by atoms with Crippen molar-refractivity contribution in [1.82, 2.24) is 9.55 Å². The average molecular weight is 271 g/mol. The normalized spacial score (nSPS) is 16.4. The van der Waals surface area contributed by atoms with Gasteiger partial charge in [-0.1, -0.05) is 18.0 Å². The number of imidazole rings is 1. The molecule has 2 nitrogen and oxygen atoms in total. The van der Waals surface area contributed by atoms with Crippen molar-refractivity contribution in [2.45, 2.75) is 25.8 Å². The van der Waals surface area contributed by atoms with Crippen molar-refractivity contribution in [3.05, 3.63) is 27.7 Å². The first-order valence-electron chi connectivity index (χ1n) is 5.72. The van der Waals surface area contributed by atoms with Crippen LogP contribution >= 0.6 is 23.8 Å². The van der Waals surface area contributed by atoms with Gasteiger partial charge in [0.1, 0.15) is 5.82 Å². The number of aromatic nitrogens is 2. The number of nitrogens with zero attached hydrogens (tertiary/aromatic N) is 1. The minimum atomic E-state index is -0.393. The Morgan fingerprint density at radius 1 is 1.47 bits per heavy atom. The summed E-state index contributed by atoms with van der Waals surface area (Å²) in [5.41, 5.74) is 1.62. The summed E-state index contributed by atoms with van der Waals surface area (Å²) in [6.45, 7) is 0.875. The summed E-state index contributed by atoms with van der Waals surface area (Å²) in [7, 11) is 0.